The molecule has 4 nitrogen and oxygen atoms in total. The van der Waals surface area contributed by atoms with Crippen LogP contribution in [-0.2, 0) is 25.7 Å². The van der Waals surface area contributed by atoms with Gasteiger partial charge in [-0.25, -0.2) is 4.98 Å². The van der Waals surface area contributed by atoms with E-state index in [4.69, 9.17) is 0 Å². The zero-order valence-corrected chi connectivity index (χ0v) is 19.3. The van der Waals surface area contributed by atoms with Gasteiger partial charge in [0.05, 0.1) is 16.8 Å². The van der Waals surface area contributed by atoms with E-state index in [-0.39, 0.29) is 5.56 Å². The molecule has 0 unspecified atom stereocenters. The summed E-state index contributed by atoms with van der Waals surface area (Å²) in [7, 11) is 0. The molecule has 34 heavy (non-hydrogen) atoms. The lowest BCUT2D eigenvalue weighted by Crippen LogP contribution is -2.35. The van der Waals surface area contributed by atoms with E-state index in [1.807, 2.05) is 12.1 Å². The second-order valence-electron chi connectivity index (χ2n) is 8.46. The molecule has 1 N–H and O–H groups in total. The zero-order valence-electron chi connectivity index (χ0n) is 18.4. The topological polar surface area (TPSA) is 49.0 Å². The van der Waals surface area contributed by atoms with Gasteiger partial charge in [-0.15, -0.1) is 11.3 Å². The van der Waals surface area contributed by atoms with Gasteiger partial charge in [-0.2, -0.15) is 13.2 Å². The molecule has 0 spiro atoms. The highest BCUT2D eigenvalue weighted by Crippen LogP contribution is 2.32. The number of halogens is 3. The Labute approximate surface area is 198 Å². The molecule has 0 radical (unpaired) electrons. The molecule has 0 saturated heterocycles. The minimum atomic E-state index is -4.40. The van der Waals surface area contributed by atoms with Crippen LogP contribution in [0.5, 0.6) is 0 Å². The lowest BCUT2D eigenvalue weighted by molar-refractivity contribution is -0.137. The summed E-state index contributed by atoms with van der Waals surface area (Å²) < 4.78 is 38.5. The van der Waals surface area contributed by atoms with E-state index < -0.39 is 11.7 Å². The van der Waals surface area contributed by atoms with Crippen LogP contribution in [0, 0.1) is 6.92 Å². The largest absolute Gasteiger partial charge is 0.416 e. The van der Waals surface area contributed by atoms with Gasteiger partial charge in [-0.05, 0) is 42.3 Å². The Balaban J connectivity index is 1.32. The zero-order chi connectivity index (χ0) is 23.9. The summed E-state index contributed by atoms with van der Waals surface area (Å²) in [6.45, 7) is 4.10. The number of alkyl halides is 3. The number of rotatable bonds is 4. The summed E-state index contributed by atoms with van der Waals surface area (Å²) in [5.74, 6) is 0.298. The predicted octanol–water partition coefficient (Wildman–Crippen LogP) is 6.05. The highest BCUT2D eigenvalue weighted by Gasteiger charge is 2.30. The SMILES string of the molecule is Cc1ccccc1-c1ccc(CN2CCc3nc(-c4ccc(C(F)(F)F)cc4)[nH]c(=O)c3C2)s1. The van der Waals surface area contributed by atoms with Crippen molar-refractivity contribution < 1.29 is 13.2 Å². The highest BCUT2D eigenvalue weighted by molar-refractivity contribution is 7.15. The van der Waals surface area contributed by atoms with Gasteiger partial charge in [0, 0.05) is 41.4 Å². The summed E-state index contributed by atoms with van der Waals surface area (Å²) in [5.41, 5.74) is 3.29. The van der Waals surface area contributed by atoms with Crippen LogP contribution >= 0.6 is 11.3 Å². The first-order chi connectivity index (χ1) is 16.3. The molecule has 1 aliphatic heterocycles. The number of aromatic nitrogens is 2. The Morgan fingerprint density at radius 3 is 2.56 bits per heavy atom. The van der Waals surface area contributed by atoms with E-state index in [2.05, 4.69) is 46.1 Å². The van der Waals surface area contributed by atoms with Crippen molar-refractivity contribution in [2.75, 3.05) is 6.54 Å². The molecule has 174 valence electrons. The number of aromatic amines is 1. The van der Waals surface area contributed by atoms with E-state index in [1.165, 1.54) is 33.0 Å². The summed E-state index contributed by atoms with van der Waals surface area (Å²) in [6, 6.07) is 17.3. The minimum absolute atomic E-state index is 0.239. The number of nitrogens with one attached hydrogen (secondary N) is 1. The Bertz CT molecular complexity index is 1390. The third kappa shape index (κ3) is 4.56. The van der Waals surface area contributed by atoms with Crippen LogP contribution in [0.15, 0.2) is 65.5 Å². The Morgan fingerprint density at radius 1 is 1.06 bits per heavy atom. The van der Waals surface area contributed by atoms with E-state index in [0.717, 1.165) is 25.2 Å². The highest BCUT2D eigenvalue weighted by atomic mass is 32.1. The molecule has 2 aromatic carbocycles. The van der Waals surface area contributed by atoms with Crippen LogP contribution in [0.2, 0.25) is 0 Å². The van der Waals surface area contributed by atoms with Crippen molar-refractivity contribution in [2.45, 2.75) is 32.6 Å². The molecule has 0 bridgehead atoms. The standard InChI is InChI=1S/C26H22F3N3OS/c1-16-4-2-3-5-20(16)23-11-10-19(34-23)14-32-13-12-22-21(15-32)25(33)31-24(30-22)17-6-8-18(9-7-17)26(27,28)29/h2-11H,12-15H2,1H3,(H,30,31,33). The predicted molar refractivity (Wildman–Crippen MR) is 128 cm³/mol. The number of hydrogen-bond donors (Lipinski definition) is 1. The second-order valence-corrected chi connectivity index (χ2v) is 9.62. The van der Waals surface area contributed by atoms with Crippen molar-refractivity contribution >= 4 is 11.3 Å². The van der Waals surface area contributed by atoms with Gasteiger partial charge < -0.3 is 4.98 Å². The van der Waals surface area contributed by atoms with Gasteiger partial charge in [0.2, 0.25) is 0 Å². The average Bonchev–Trinajstić information content (AvgIpc) is 3.27. The lowest BCUT2D eigenvalue weighted by Gasteiger charge is -2.27. The number of thiophene rings is 1. The van der Waals surface area contributed by atoms with Gasteiger partial charge >= 0.3 is 6.18 Å². The molecule has 5 rings (SSSR count). The Kier molecular flexibility index (Phi) is 5.87. The molecule has 3 heterocycles. The molecule has 0 aliphatic carbocycles. The number of benzene rings is 2. The third-order valence-corrected chi connectivity index (χ3v) is 7.19. The quantitative estimate of drug-likeness (QED) is 0.386. The molecule has 1 aliphatic rings. The minimum Gasteiger partial charge on any atom is -0.306 e. The molecule has 0 saturated carbocycles. The molecule has 8 heteroatoms. The lowest BCUT2D eigenvalue weighted by atomic mass is 10.1. The number of nitrogens with zero attached hydrogens (tertiary/aromatic N) is 2. The maximum atomic E-state index is 12.8. The van der Waals surface area contributed by atoms with Crippen LogP contribution in [0.1, 0.15) is 27.3 Å². The number of aryl methyl sites for hydroxylation is 1. The van der Waals surface area contributed by atoms with Crippen molar-refractivity contribution in [3.05, 3.63) is 98.3 Å². The molecular weight excluding hydrogens is 459 g/mol. The van der Waals surface area contributed by atoms with Crippen molar-refractivity contribution in [2.24, 2.45) is 0 Å². The first-order valence-electron chi connectivity index (χ1n) is 10.9. The van der Waals surface area contributed by atoms with Crippen LogP contribution in [-0.4, -0.2) is 21.4 Å². The van der Waals surface area contributed by atoms with E-state index in [0.29, 0.717) is 35.6 Å². The fourth-order valence-electron chi connectivity index (χ4n) is 4.25. The Morgan fingerprint density at radius 2 is 1.82 bits per heavy atom. The maximum absolute atomic E-state index is 12.8. The summed E-state index contributed by atoms with van der Waals surface area (Å²) in [6.07, 6.45) is -3.79. The van der Waals surface area contributed by atoms with Crippen LogP contribution in [0.25, 0.3) is 21.8 Å². The van der Waals surface area contributed by atoms with E-state index in [1.54, 1.807) is 11.3 Å². The third-order valence-electron chi connectivity index (χ3n) is 6.08. The van der Waals surface area contributed by atoms with Gasteiger partial charge in [-0.3, -0.25) is 9.69 Å². The van der Waals surface area contributed by atoms with Gasteiger partial charge in [0.1, 0.15) is 5.82 Å². The monoisotopic (exact) mass is 481 g/mol. The first-order valence-corrected chi connectivity index (χ1v) is 11.8. The number of fused-ring (bicyclic) bond motifs is 1. The molecule has 4 aromatic rings. The molecular formula is C26H22F3N3OS. The van der Waals surface area contributed by atoms with Gasteiger partial charge in [-0.1, -0.05) is 36.4 Å². The van der Waals surface area contributed by atoms with Gasteiger partial charge in [0.15, 0.2) is 0 Å². The normalized spacial score (nSPS) is 14.2. The molecule has 0 amide bonds. The smallest absolute Gasteiger partial charge is 0.306 e. The molecule has 0 fully saturated rings. The van der Waals surface area contributed by atoms with Crippen molar-refractivity contribution in [3.8, 4) is 21.8 Å². The fourth-order valence-corrected chi connectivity index (χ4v) is 5.39. The maximum Gasteiger partial charge on any atom is 0.416 e. The number of hydrogen-bond acceptors (Lipinski definition) is 4. The summed E-state index contributed by atoms with van der Waals surface area (Å²) in [4.78, 5) is 24.8. The fraction of sp³-hybridized carbons (Fsp3) is 0.231. The average molecular weight is 482 g/mol. The van der Waals surface area contributed by atoms with Gasteiger partial charge in [0.25, 0.3) is 5.56 Å². The Hall–Kier alpha value is -3.23. The summed E-state index contributed by atoms with van der Waals surface area (Å²) >= 11 is 1.76. The first kappa shape index (κ1) is 22.6. The van der Waals surface area contributed by atoms with Crippen molar-refractivity contribution in [1.82, 2.24) is 14.9 Å². The van der Waals surface area contributed by atoms with Crippen LogP contribution in [0.3, 0.4) is 0 Å². The molecule has 2 aromatic heterocycles. The van der Waals surface area contributed by atoms with Crippen molar-refractivity contribution in [3.63, 3.8) is 0 Å². The number of H-pyrrole nitrogens is 1. The van der Waals surface area contributed by atoms with E-state index >= 15 is 0 Å². The van der Waals surface area contributed by atoms with Crippen molar-refractivity contribution in [1.29, 1.82) is 0 Å². The summed E-state index contributed by atoms with van der Waals surface area (Å²) in [5, 5.41) is 0. The van der Waals surface area contributed by atoms with E-state index in [9.17, 15) is 18.0 Å². The van der Waals surface area contributed by atoms with Crippen LogP contribution < -0.4 is 5.56 Å². The molecule has 0 atom stereocenters. The van der Waals surface area contributed by atoms with Crippen LogP contribution in [0.4, 0.5) is 13.2 Å². The second kappa shape index (κ2) is 8.85.